The van der Waals surface area contributed by atoms with E-state index in [1.165, 1.54) is 4.90 Å². The lowest BCUT2D eigenvalue weighted by Crippen LogP contribution is -2.50. The summed E-state index contributed by atoms with van der Waals surface area (Å²) in [5.74, 6) is -0.491. The molecule has 108 valence electrons. The van der Waals surface area contributed by atoms with E-state index in [0.717, 1.165) is 32.5 Å². The Morgan fingerprint density at radius 1 is 1.32 bits per heavy atom. The van der Waals surface area contributed by atoms with Crippen LogP contribution in [0.3, 0.4) is 0 Å². The fourth-order valence-corrected chi connectivity index (χ4v) is 2.88. The molecule has 0 saturated carbocycles. The van der Waals surface area contributed by atoms with Crippen LogP contribution in [0.2, 0.25) is 0 Å². The number of carboxylic acids is 1. The van der Waals surface area contributed by atoms with Gasteiger partial charge in [-0.1, -0.05) is 0 Å². The highest BCUT2D eigenvalue weighted by Gasteiger charge is 2.35. The Hall–Kier alpha value is -1.30. The summed E-state index contributed by atoms with van der Waals surface area (Å²) < 4.78 is 5.30. The molecule has 2 aliphatic rings. The van der Waals surface area contributed by atoms with Gasteiger partial charge in [0.05, 0.1) is 0 Å². The number of nitrogens with one attached hydrogen (secondary N) is 1. The van der Waals surface area contributed by atoms with Crippen LogP contribution < -0.4 is 5.32 Å². The third-order valence-electron chi connectivity index (χ3n) is 4.12. The molecule has 2 amide bonds. The monoisotopic (exact) mass is 270 g/mol. The van der Waals surface area contributed by atoms with Crippen LogP contribution >= 0.6 is 0 Å². The summed E-state index contributed by atoms with van der Waals surface area (Å²) in [6.07, 6.45) is 3.21. The third kappa shape index (κ3) is 3.37. The first-order valence-electron chi connectivity index (χ1n) is 6.97. The second kappa shape index (κ2) is 6.23. The minimum Gasteiger partial charge on any atom is -0.480 e. The van der Waals surface area contributed by atoms with E-state index < -0.39 is 12.0 Å². The van der Waals surface area contributed by atoms with E-state index in [1.807, 2.05) is 6.92 Å². The molecular weight excluding hydrogens is 248 g/mol. The van der Waals surface area contributed by atoms with Gasteiger partial charge in [0.25, 0.3) is 0 Å². The van der Waals surface area contributed by atoms with Crippen LogP contribution in [-0.2, 0) is 9.53 Å². The van der Waals surface area contributed by atoms with Crippen molar-refractivity contribution in [3.63, 3.8) is 0 Å². The summed E-state index contributed by atoms with van der Waals surface area (Å²) in [6, 6.07) is -0.850. The van der Waals surface area contributed by atoms with Gasteiger partial charge in [0, 0.05) is 25.8 Å². The summed E-state index contributed by atoms with van der Waals surface area (Å²) >= 11 is 0. The van der Waals surface area contributed by atoms with E-state index in [-0.39, 0.29) is 12.1 Å². The number of aliphatic carboxylic acids is 1. The lowest BCUT2D eigenvalue weighted by Gasteiger charge is -2.30. The Morgan fingerprint density at radius 2 is 2.00 bits per heavy atom. The second-order valence-electron chi connectivity index (χ2n) is 5.38. The minimum atomic E-state index is -0.911. The van der Waals surface area contributed by atoms with Gasteiger partial charge in [-0.3, -0.25) is 0 Å². The average molecular weight is 270 g/mol. The fourth-order valence-electron chi connectivity index (χ4n) is 2.88. The van der Waals surface area contributed by atoms with Gasteiger partial charge < -0.3 is 20.1 Å². The first kappa shape index (κ1) is 14.1. The zero-order valence-corrected chi connectivity index (χ0v) is 11.3. The number of carbonyl (C=O) groups excluding carboxylic acids is 1. The Kier molecular flexibility index (Phi) is 4.63. The van der Waals surface area contributed by atoms with Crippen LogP contribution in [0, 0.1) is 5.92 Å². The van der Waals surface area contributed by atoms with E-state index in [1.54, 1.807) is 0 Å². The number of likely N-dealkylation sites (tertiary alicyclic amines) is 1. The summed E-state index contributed by atoms with van der Waals surface area (Å²) in [4.78, 5) is 24.6. The molecule has 2 saturated heterocycles. The molecule has 2 rings (SSSR count). The predicted octanol–water partition coefficient (Wildman–Crippen LogP) is 1.06. The molecular formula is C13H22N2O4. The highest BCUT2D eigenvalue weighted by atomic mass is 16.5. The molecule has 0 radical (unpaired) electrons. The number of carboxylic acid groups (broad SMARTS) is 1. The van der Waals surface area contributed by atoms with Gasteiger partial charge in [-0.2, -0.15) is 0 Å². The highest BCUT2D eigenvalue weighted by Crippen LogP contribution is 2.21. The predicted molar refractivity (Wildman–Crippen MR) is 68.9 cm³/mol. The molecule has 2 N–H and O–H groups in total. The second-order valence-corrected chi connectivity index (χ2v) is 5.38. The van der Waals surface area contributed by atoms with Gasteiger partial charge >= 0.3 is 12.0 Å². The van der Waals surface area contributed by atoms with Gasteiger partial charge in [0.15, 0.2) is 0 Å². The molecule has 0 aromatic rings. The molecule has 1 unspecified atom stereocenters. The van der Waals surface area contributed by atoms with Gasteiger partial charge in [-0.25, -0.2) is 9.59 Å². The van der Waals surface area contributed by atoms with Crippen molar-refractivity contribution in [1.29, 1.82) is 0 Å². The maximum absolute atomic E-state index is 12.1. The first-order chi connectivity index (χ1) is 9.09. The molecule has 2 heterocycles. The molecule has 6 heteroatoms. The van der Waals surface area contributed by atoms with Crippen molar-refractivity contribution in [3.8, 4) is 0 Å². The van der Waals surface area contributed by atoms with E-state index in [4.69, 9.17) is 9.84 Å². The van der Waals surface area contributed by atoms with Crippen molar-refractivity contribution >= 4 is 12.0 Å². The quantitative estimate of drug-likeness (QED) is 0.803. The van der Waals surface area contributed by atoms with Crippen molar-refractivity contribution in [2.45, 2.75) is 44.7 Å². The van der Waals surface area contributed by atoms with Crippen LogP contribution in [-0.4, -0.2) is 53.8 Å². The van der Waals surface area contributed by atoms with Crippen LogP contribution in [0.5, 0.6) is 0 Å². The number of hydrogen-bond acceptors (Lipinski definition) is 3. The maximum Gasteiger partial charge on any atom is 0.326 e. The zero-order chi connectivity index (χ0) is 13.8. The van der Waals surface area contributed by atoms with Crippen LogP contribution in [0.1, 0.15) is 32.6 Å². The molecule has 0 bridgehead atoms. The molecule has 0 aromatic carbocycles. The molecule has 19 heavy (non-hydrogen) atoms. The summed E-state index contributed by atoms with van der Waals surface area (Å²) in [5, 5.41) is 12.0. The molecule has 0 spiro atoms. The smallest absolute Gasteiger partial charge is 0.326 e. The summed E-state index contributed by atoms with van der Waals surface area (Å²) in [6.45, 7) is 4.00. The third-order valence-corrected chi connectivity index (χ3v) is 4.12. The van der Waals surface area contributed by atoms with Gasteiger partial charge in [0.2, 0.25) is 0 Å². The van der Waals surface area contributed by atoms with E-state index in [9.17, 15) is 9.59 Å². The Labute approximate surface area is 113 Å². The number of amides is 2. The number of ether oxygens (including phenoxy) is 1. The van der Waals surface area contributed by atoms with Crippen molar-refractivity contribution in [2.24, 2.45) is 5.92 Å². The average Bonchev–Trinajstić information content (AvgIpc) is 2.89. The van der Waals surface area contributed by atoms with E-state index in [0.29, 0.717) is 18.9 Å². The standard InChI is InChI=1S/C13H22N2O4/c1-9(10-4-7-19-8-5-10)14-13(18)15-6-2-3-11(15)12(16)17/h9-11H,2-8H2,1H3,(H,14,18)(H,16,17)/t9?,11-/m0/s1. The molecule has 2 atom stereocenters. The number of urea groups is 1. The normalized spacial score (nSPS) is 26.2. The Bertz CT molecular complexity index is 342. The number of carbonyl (C=O) groups is 2. The van der Waals surface area contributed by atoms with Crippen LogP contribution in [0.4, 0.5) is 4.79 Å². The SMILES string of the molecule is CC(NC(=O)N1CCC[C@H]1C(=O)O)C1CCOCC1. The highest BCUT2D eigenvalue weighted by molar-refractivity contribution is 5.83. The van der Waals surface area contributed by atoms with Gasteiger partial charge in [-0.15, -0.1) is 0 Å². The molecule has 2 aliphatic heterocycles. The number of nitrogens with zero attached hydrogens (tertiary/aromatic N) is 1. The fraction of sp³-hybridized carbons (Fsp3) is 0.846. The largest absolute Gasteiger partial charge is 0.480 e. The number of rotatable bonds is 3. The Morgan fingerprint density at radius 3 is 2.63 bits per heavy atom. The topological polar surface area (TPSA) is 78.9 Å². The van der Waals surface area contributed by atoms with E-state index in [2.05, 4.69) is 5.32 Å². The van der Waals surface area contributed by atoms with Gasteiger partial charge in [0.1, 0.15) is 6.04 Å². The van der Waals surface area contributed by atoms with Crippen molar-refractivity contribution < 1.29 is 19.4 Å². The zero-order valence-electron chi connectivity index (χ0n) is 11.3. The Balaban J connectivity index is 1.87. The summed E-state index contributed by atoms with van der Waals surface area (Å²) in [7, 11) is 0. The van der Waals surface area contributed by atoms with Crippen molar-refractivity contribution in [2.75, 3.05) is 19.8 Å². The molecule has 0 aliphatic carbocycles. The molecule has 0 aromatic heterocycles. The molecule has 6 nitrogen and oxygen atoms in total. The van der Waals surface area contributed by atoms with Gasteiger partial charge in [-0.05, 0) is 38.5 Å². The summed E-state index contributed by atoms with van der Waals surface area (Å²) in [5.41, 5.74) is 0. The first-order valence-corrected chi connectivity index (χ1v) is 6.97. The van der Waals surface area contributed by atoms with Crippen molar-refractivity contribution in [1.82, 2.24) is 10.2 Å². The lowest BCUT2D eigenvalue weighted by molar-refractivity contribution is -0.141. The lowest BCUT2D eigenvalue weighted by atomic mass is 9.93. The maximum atomic E-state index is 12.1. The number of hydrogen-bond donors (Lipinski definition) is 2. The van der Waals surface area contributed by atoms with Crippen molar-refractivity contribution in [3.05, 3.63) is 0 Å². The van der Waals surface area contributed by atoms with Crippen LogP contribution in [0.25, 0.3) is 0 Å². The minimum absolute atomic E-state index is 0.0615. The molecule has 2 fully saturated rings. The van der Waals surface area contributed by atoms with Crippen LogP contribution in [0.15, 0.2) is 0 Å². The van der Waals surface area contributed by atoms with E-state index >= 15 is 0 Å².